The summed E-state index contributed by atoms with van der Waals surface area (Å²) < 4.78 is 29.1. The van der Waals surface area contributed by atoms with Gasteiger partial charge in [0, 0.05) is 12.6 Å². The molecular formula is C33H39Cl2N3O4S. The summed E-state index contributed by atoms with van der Waals surface area (Å²) in [5.74, 6) is -0.731. The average Bonchev–Trinajstić information content (AvgIpc) is 2.99. The maximum absolute atomic E-state index is 14.3. The molecule has 0 aromatic heterocycles. The third kappa shape index (κ3) is 8.31. The Bertz CT molecular complexity index is 1520. The number of aryl methyl sites for hydroxylation is 2. The molecule has 1 aliphatic carbocycles. The number of carbonyl (C=O) groups excluding carboxylic acids is 2. The number of benzene rings is 3. The van der Waals surface area contributed by atoms with Crippen LogP contribution in [-0.2, 0) is 26.2 Å². The summed E-state index contributed by atoms with van der Waals surface area (Å²) in [4.78, 5) is 29.4. The van der Waals surface area contributed by atoms with Crippen LogP contribution in [-0.4, -0.2) is 43.8 Å². The highest BCUT2D eigenvalue weighted by Crippen LogP contribution is 2.31. The molecule has 7 nitrogen and oxygen atoms in total. The second kappa shape index (κ2) is 14.6. The van der Waals surface area contributed by atoms with E-state index in [-0.39, 0.29) is 39.1 Å². The van der Waals surface area contributed by atoms with Crippen LogP contribution in [0.1, 0.15) is 62.1 Å². The van der Waals surface area contributed by atoms with Crippen molar-refractivity contribution in [2.24, 2.45) is 0 Å². The van der Waals surface area contributed by atoms with Gasteiger partial charge >= 0.3 is 0 Å². The van der Waals surface area contributed by atoms with E-state index in [2.05, 4.69) is 5.32 Å². The molecule has 1 unspecified atom stereocenters. The number of carbonyl (C=O) groups is 2. The Hall–Kier alpha value is -3.07. The van der Waals surface area contributed by atoms with E-state index >= 15 is 0 Å². The molecule has 4 rings (SSSR count). The Balaban J connectivity index is 1.72. The van der Waals surface area contributed by atoms with Crippen LogP contribution in [0.3, 0.4) is 0 Å². The molecule has 2 amide bonds. The zero-order valence-corrected chi connectivity index (χ0v) is 27.2. The summed E-state index contributed by atoms with van der Waals surface area (Å²) in [6.07, 6.45) is 5.46. The minimum absolute atomic E-state index is 0.0316. The second-order valence-corrected chi connectivity index (χ2v) is 13.9. The molecule has 0 heterocycles. The molecule has 0 radical (unpaired) electrons. The molecule has 0 spiro atoms. The standard InChI is InChI=1S/C33H39Cl2N3O4S/c1-4-31(33(40)36-26-8-6-5-7-9-26)37(21-25-14-10-23(2)11-15-25)32(39)22-38(27-16-19-29(34)30(35)20-27)43(41,42)28-17-12-24(3)13-18-28/h10-20,26,31H,4-9,21-22H2,1-3H3,(H,36,40). The molecule has 1 aliphatic rings. The lowest BCUT2D eigenvalue weighted by molar-refractivity contribution is -0.140. The van der Waals surface area contributed by atoms with Gasteiger partial charge in [0.2, 0.25) is 11.8 Å². The summed E-state index contributed by atoms with van der Waals surface area (Å²) in [7, 11) is -4.20. The number of hydrogen-bond donors (Lipinski definition) is 1. The summed E-state index contributed by atoms with van der Waals surface area (Å²) in [6, 6.07) is 17.9. The van der Waals surface area contributed by atoms with E-state index in [0.717, 1.165) is 53.1 Å². The first-order valence-electron chi connectivity index (χ1n) is 14.7. The van der Waals surface area contributed by atoms with E-state index in [1.165, 1.54) is 35.2 Å². The second-order valence-electron chi connectivity index (χ2n) is 11.2. The molecule has 1 saturated carbocycles. The lowest BCUT2D eigenvalue weighted by Crippen LogP contribution is -2.54. The molecule has 1 fully saturated rings. The van der Waals surface area contributed by atoms with E-state index in [4.69, 9.17) is 23.2 Å². The molecule has 1 N–H and O–H groups in total. The fourth-order valence-electron chi connectivity index (χ4n) is 5.36. The summed E-state index contributed by atoms with van der Waals surface area (Å²) in [6.45, 7) is 5.32. The van der Waals surface area contributed by atoms with Crippen LogP contribution in [0.4, 0.5) is 5.69 Å². The van der Waals surface area contributed by atoms with Gasteiger partial charge < -0.3 is 10.2 Å². The van der Waals surface area contributed by atoms with Gasteiger partial charge in [-0.05, 0) is 69.0 Å². The van der Waals surface area contributed by atoms with Crippen molar-refractivity contribution in [3.8, 4) is 0 Å². The zero-order valence-electron chi connectivity index (χ0n) is 24.9. The molecule has 0 bridgehead atoms. The number of rotatable bonds is 11. The predicted molar refractivity (Wildman–Crippen MR) is 173 cm³/mol. The smallest absolute Gasteiger partial charge is 0.264 e. The maximum Gasteiger partial charge on any atom is 0.264 e. The molecule has 1 atom stereocenters. The van der Waals surface area contributed by atoms with Crippen LogP contribution < -0.4 is 9.62 Å². The van der Waals surface area contributed by atoms with Gasteiger partial charge in [0.05, 0.1) is 20.6 Å². The van der Waals surface area contributed by atoms with Gasteiger partial charge in [0.1, 0.15) is 12.6 Å². The molecular weight excluding hydrogens is 605 g/mol. The molecule has 3 aromatic rings. The van der Waals surface area contributed by atoms with Crippen LogP contribution in [0, 0.1) is 13.8 Å². The lowest BCUT2D eigenvalue weighted by atomic mass is 9.95. The van der Waals surface area contributed by atoms with E-state index in [0.29, 0.717) is 6.42 Å². The Morgan fingerprint density at radius 1 is 0.884 bits per heavy atom. The van der Waals surface area contributed by atoms with Crippen molar-refractivity contribution in [2.75, 3.05) is 10.8 Å². The fourth-order valence-corrected chi connectivity index (χ4v) is 7.06. The van der Waals surface area contributed by atoms with Gasteiger partial charge in [0.15, 0.2) is 0 Å². The highest BCUT2D eigenvalue weighted by atomic mass is 35.5. The van der Waals surface area contributed by atoms with Crippen molar-refractivity contribution in [2.45, 2.75) is 82.8 Å². The van der Waals surface area contributed by atoms with Crippen molar-refractivity contribution in [1.29, 1.82) is 0 Å². The van der Waals surface area contributed by atoms with Gasteiger partial charge in [-0.2, -0.15) is 0 Å². The fraction of sp³-hybridized carbons (Fsp3) is 0.394. The van der Waals surface area contributed by atoms with Crippen LogP contribution in [0.2, 0.25) is 10.0 Å². The highest BCUT2D eigenvalue weighted by molar-refractivity contribution is 7.92. The van der Waals surface area contributed by atoms with E-state index in [1.807, 2.05) is 45.0 Å². The minimum Gasteiger partial charge on any atom is -0.352 e. The Labute approximate surface area is 265 Å². The predicted octanol–water partition coefficient (Wildman–Crippen LogP) is 7.06. The summed E-state index contributed by atoms with van der Waals surface area (Å²) in [5, 5.41) is 3.58. The number of hydrogen-bond acceptors (Lipinski definition) is 4. The van der Waals surface area contributed by atoms with Crippen LogP contribution >= 0.6 is 23.2 Å². The minimum atomic E-state index is -4.20. The molecule has 230 valence electrons. The Morgan fingerprint density at radius 3 is 2.07 bits per heavy atom. The van der Waals surface area contributed by atoms with E-state index < -0.39 is 28.5 Å². The molecule has 0 aliphatic heterocycles. The van der Waals surface area contributed by atoms with E-state index in [9.17, 15) is 18.0 Å². The highest BCUT2D eigenvalue weighted by Gasteiger charge is 2.34. The van der Waals surface area contributed by atoms with Gasteiger partial charge in [-0.3, -0.25) is 13.9 Å². The monoisotopic (exact) mass is 643 g/mol. The first-order valence-corrected chi connectivity index (χ1v) is 16.9. The van der Waals surface area contributed by atoms with Gasteiger partial charge in [-0.1, -0.05) is 96.9 Å². The molecule has 43 heavy (non-hydrogen) atoms. The normalized spacial score (nSPS) is 14.6. The Morgan fingerprint density at radius 2 is 1.49 bits per heavy atom. The maximum atomic E-state index is 14.3. The van der Waals surface area contributed by atoms with Gasteiger partial charge in [-0.15, -0.1) is 0 Å². The number of halogens is 2. The first-order chi connectivity index (χ1) is 20.5. The van der Waals surface area contributed by atoms with Crippen molar-refractivity contribution >= 4 is 50.7 Å². The zero-order chi connectivity index (χ0) is 31.1. The number of sulfonamides is 1. The van der Waals surface area contributed by atoms with Gasteiger partial charge in [-0.25, -0.2) is 8.42 Å². The van der Waals surface area contributed by atoms with Crippen LogP contribution in [0.15, 0.2) is 71.6 Å². The van der Waals surface area contributed by atoms with Crippen LogP contribution in [0.5, 0.6) is 0 Å². The quantitative estimate of drug-likeness (QED) is 0.242. The number of nitrogens with zero attached hydrogens (tertiary/aromatic N) is 2. The van der Waals surface area contributed by atoms with Gasteiger partial charge in [0.25, 0.3) is 10.0 Å². The lowest BCUT2D eigenvalue weighted by Gasteiger charge is -2.34. The van der Waals surface area contributed by atoms with Crippen molar-refractivity contribution in [1.82, 2.24) is 10.2 Å². The number of anilines is 1. The molecule has 3 aromatic carbocycles. The first kappa shape index (κ1) is 32.8. The average molecular weight is 645 g/mol. The van der Waals surface area contributed by atoms with Crippen molar-refractivity contribution in [3.63, 3.8) is 0 Å². The molecule has 0 saturated heterocycles. The largest absolute Gasteiger partial charge is 0.352 e. The topological polar surface area (TPSA) is 86.8 Å². The van der Waals surface area contributed by atoms with Crippen LogP contribution in [0.25, 0.3) is 0 Å². The third-order valence-electron chi connectivity index (χ3n) is 7.89. The molecule has 10 heteroatoms. The number of amides is 2. The Kier molecular flexibility index (Phi) is 11.2. The van der Waals surface area contributed by atoms with Crippen molar-refractivity contribution in [3.05, 3.63) is 93.5 Å². The van der Waals surface area contributed by atoms with Crippen molar-refractivity contribution < 1.29 is 18.0 Å². The number of nitrogens with one attached hydrogen (secondary N) is 1. The summed E-state index contributed by atoms with van der Waals surface area (Å²) >= 11 is 12.4. The third-order valence-corrected chi connectivity index (χ3v) is 10.4. The summed E-state index contributed by atoms with van der Waals surface area (Å²) in [5.41, 5.74) is 3.00. The van der Waals surface area contributed by atoms with E-state index in [1.54, 1.807) is 12.1 Å². The SMILES string of the molecule is CCC(C(=O)NC1CCCCC1)N(Cc1ccc(C)cc1)C(=O)CN(c1ccc(Cl)c(Cl)c1)S(=O)(=O)c1ccc(C)cc1.